The van der Waals surface area contributed by atoms with Gasteiger partial charge < -0.3 is 0 Å². The summed E-state index contributed by atoms with van der Waals surface area (Å²) in [6, 6.07) is 6.39. The van der Waals surface area contributed by atoms with Crippen LogP contribution in [0.2, 0.25) is 0 Å². The van der Waals surface area contributed by atoms with E-state index in [4.69, 9.17) is 0 Å². The highest BCUT2D eigenvalue weighted by Crippen LogP contribution is 2.32. The molecule has 1 aromatic carbocycles. The summed E-state index contributed by atoms with van der Waals surface area (Å²) >= 11 is 11.3. The molecule has 0 bridgehead atoms. The highest BCUT2D eigenvalue weighted by Gasteiger charge is 2.14. The summed E-state index contributed by atoms with van der Waals surface area (Å²) in [4.78, 5) is 12.1. The maximum absolute atomic E-state index is 13.1. The van der Waals surface area contributed by atoms with Crippen LogP contribution in [0.25, 0.3) is 0 Å². The standard InChI is InChI=1S/C12H6Br3FOS/c13-8-3-6(1-2-9(8)16)4-10(17)7-5-11(14)18-12(7)15/h1-3,5H,4H2. The first-order valence-corrected chi connectivity index (χ1v) is 8.09. The predicted octanol–water partition coefficient (Wildman–Crippen LogP) is 5.60. The lowest BCUT2D eigenvalue weighted by Gasteiger charge is -2.02. The Morgan fingerprint density at radius 3 is 2.50 bits per heavy atom. The first-order valence-electron chi connectivity index (χ1n) is 4.89. The van der Waals surface area contributed by atoms with Gasteiger partial charge in [-0.05, 0) is 71.6 Å². The van der Waals surface area contributed by atoms with Gasteiger partial charge in [0.05, 0.1) is 12.0 Å². The first-order chi connectivity index (χ1) is 8.47. The third-order valence-corrected chi connectivity index (χ3v) is 5.25. The molecule has 0 amide bonds. The zero-order valence-electron chi connectivity index (χ0n) is 8.84. The summed E-state index contributed by atoms with van der Waals surface area (Å²) in [5.74, 6) is -0.326. The molecular weight excluding hydrogens is 451 g/mol. The van der Waals surface area contributed by atoms with Crippen molar-refractivity contribution in [2.75, 3.05) is 0 Å². The van der Waals surface area contributed by atoms with Gasteiger partial charge in [0.15, 0.2) is 5.78 Å². The molecule has 1 aromatic heterocycles. The van der Waals surface area contributed by atoms with Crippen LogP contribution in [-0.2, 0) is 6.42 Å². The van der Waals surface area contributed by atoms with Gasteiger partial charge in [0, 0.05) is 12.0 Å². The summed E-state index contributed by atoms with van der Waals surface area (Å²) in [6.07, 6.45) is 0.251. The highest BCUT2D eigenvalue weighted by atomic mass is 79.9. The fraction of sp³-hybridized carbons (Fsp3) is 0.0833. The quantitative estimate of drug-likeness (QED) is 0.549. The van der Waals surface area contributed by atoms with Gasteiger partial charge in [0.2, 0.25) is 0 Å². The van der Waals surface area contributed by atoms with Crippen molar-refractivity contribution in [1.29, 1.82) is 0 Å². The number of hydrogen-bond acceptors (Lipinski definition) is 2. The minimum absolute atomic E-state index is 0.00216. The molecule has 18 heavy (non-hydrogen) atoms. The van der Waals surface area contributed by atoms with Crippen LogP contribution in [0, 0.1) is 5.82 Å². The summed E-state index contributed by atoms with van der Waals surface area (Å²) in [7, 11) is 0. The maximum atomic E-state index is 13.1. The van der Waals surface area contributed by atoms with Gasteiger partial charge in [-0.25, -0.2) is 4.39 Å². The molecule has 0 aliphatic rings. The molecule has 1 heterocycles. The zero-order valence-corrected chi connectivity index (χ0v) is 14.4. The maximum Gasteiger partial charge on any atom is 0.169 e. The van der Waals surface area contributed by atoms with E-state index < -0.39 is 0 Å². The minimum atomic E-state index is -0.328. The molecule has 0 radical (unpaired) electrons. The van der Waals surface area contributed by atoms with Crippen molar-refractivity contribution in [1.82, 2.24) is 0 Å². The van der Waals surface area contributed by atoms with Crippen LogP contribution in [0.5, 0.6) is 0 Å². The summed E-state index contributed by atoms with van der Waals surface area (Å²) in [5.41, 5.74) is 1.43. The molecule has 2 rings (SSSR count). The fourth-order valence-electron chi connectivity index (χ4n) is 1.46. The number of Topliss-reactive ketones (excluding diaryl/α,β-unsaturated/α-hetero) is 1. The molecule has 94 valence electrons. The Hall–Kier alpha value is -0.0400. The molecule has 0 unspecified atom stereocenters. The lowest BCUT2D eigenvalue weighted by atomic mass is 10.1. The van der Waals surface area contributed by atoms with E-state index in [0.29, 0.717) is 10.0 Å². The molecule has 0 fully saturated rings. The molecule has 0 saturated heterocycles. The van der Waals surface area contributed by atoms with Crippen LogP contribution >= 0.6 is 59.1 Å². The monoisotopic (exact) mass is 454 g/mol. The van der Waals surface area contributed by atoms with Crippen LogP contribution in [0.4, 0.5) is 4.39 Å². The van der Waals surface area contributed by atoms with Crippen molar-refractivity contribution in [3.05, 3.63) is 53.3 Å². The van der Waals surface area contributed by atoms with Crippen molar-refractivity contribution < 1.29 is 9.18 Å². The van der Waals surface area contributed by atoms with Gasteiger partial charge in [-0.1, -0.05) is 6.07 Å². The fourth-order valence-corrected chi connectivity index (χ4v) is 4.74. The molecule has 0 aliphatic heterocycles. The van der Waals surface area contributed by atoms with E-state index in [0.717, 1.165) is 13.1 Å². The van der Waals surface area contributed by atoms with Gasteiger partial charge >= 0.3 is 0 Å². The van der Waals surface area contributed by atoms with Crippen molar-refractivity contribution in [3.63, 3.8) is 0 Å². The molecule has 0 atom stereocenters. The number of thiophene rings is 1. The second-order valence-electron chi connectivity index (χ2n) is 3.59. The van der Waals surface area contributed by atoms with Crippen LogP contribution in [0.15, 0.2) is 36.3 Å². The smallest absolute Gasteiger partial charge is 0.169 e. The Bertz CT molecular complexity index is 609. The Labute approximate surface area is 133 Å². The lowest BCUT2D eigenvalue weighted by molar-refractivity contribution is 0.0992. The molecule has 0 N–H and O–H groups in total. The van der Waals surface area contributed by atoms with Crippen molar-refractivity contribution in [2.45, 2.75) is 6.42 Å². The molecule has 0 aliphatic carbocycles. The average Bonchev–Trinajstić information content (AvgIpc) is 2.63. The van der Waals surface area contributed by atoms with E-state index in [1.54, 1.807) is 18.2 Å². The predicted molar refractivity (Wildman–Crippen MR) is 81.9 cm³/mol. The summed E-state index contributed by atoms with van der Waals surface area (Å²) in [5, 5.41) is 0. The van der Waals surface area contributed by atoms with Crippen LogP contribution < -0.4 is 0 Å². The zero-order chi connectivity index (χ0) is 13.3. The molecule has 0 spiro atoms. The van der Waals surface area contributed by atoms with Gasteiger partial charge in [-0.15, -0.1) is 11.3 Å². The second kappa shape index (κ2) is 5.94. The van der Waals surface area contributed by atoms with Crippen LogP contribution in [-0.4, -0.2) is 5.78 Å². The first kappa shape index (κ1) is 14.4. The lowest BCUT2D eigenvalue weighted by Crippen LogP contribution is -2.03. The number of hydrogen-bond donors (Lipinski definition) is 0. The Kier molecular flexibility index (Phi) is 4.75. The Balaban J connectivity index is 2.21. The van der Waals surface area contributed by atoms with Gasteiger partial charge in [0.1, 0.15) is 5.82 Å². The van der Waals surface area contributed by atoms with Gasteiger partial charge in [0.25, 0.3) is 0 Å². The summed E-state index contributed by atoms with van der Waals surface area (Å²) < 4.78 is 15.2. The third kappa shape index (κ3) is 3.29. The number of benzene rings is 1. The SMILES string of the molecule is O=C(Cc1ccc(F)c(Br)c1)c1cc(Br)sc1Br. The number of carbonyl (C=O) groups excluding carboxylic acids is 1. The third-order valence-electron chi connectivity index (χ3n) is 2.31. The molecule has 6 heteroatoms. The Morgan fingerprint density at radius 1 is 1.22 bits per heavy atom. The van der Waals surface area contributed by atoms with Crippen molar-refractivity contribution in [2.24, 2.45) is 0 Å². The van der Waals surface area contributed by atoms with Gasteiger partial charge in [-0.3, -0.25) is 4.79 Å². The normalized spacial score (nSPS) is 10.7. The Morgan fingerprint density at radius 2 is 1.94 bits per heavy atom. The average molecular weight is 457 g/mol. The van der Waals surface area contributed by atoms with Gasteiger partial charge in [-0.2, -0.15) is 0 Å². The van der Waals surface area contributed by atoms with Crippen molar-refractivity contribution in [3.8, 4) is 0 Å². The molecular formula is C12H6Br3FOS. The number of rotatable bonds is 3. The summed E-state index contributed by atoms with van der Waals surface area (Å²) in [6.45, 7) is 0. The second-order valence-corrected chi connectivity index (χ2v) is 8.19. The highest BCUT2D eigenvalue weighted by molar-refractivity contribution is 9.12. The van der Waals surface area contributed by atoms with E-state index in [-0.39, 0.29) is 18.0 Å². The van der Waals surface area contributed by atoms with Crippen LogP contribution in [0.3, 0.4) is 0 Å². The number of ketones is 1. The van der Waals surface area contributed by atoms with Crippen molar-refractivity contribution >= 4 is 64.9 Å². The van der Waals surface area contributed by atoms with Crippen LogP contribution in [0.1, 0.15) is 15.9 Å². The van der Waals surface area contributed by atoms with E-state index in [1.807, 2.05) is 0 Å². The molecule has 2 aromatic rings. The largest absolute Gasteiger partial charge is 0.294 e. The topological polar surface area (TPSA) is 17.1 Å². The molecule has 0 saturated carbocycles. The van der Waals surface area contributed by atoms with E-state index >= 15 is 0 Å². The van der Waals surface area contributed by atoms with E-state index in [1.165, 1.54) is 17.4 Å². The molecule has 1 nitrogen and oxygen atoms in total. The van der Waals surface area contributed by atoms with E-state index in [9.17, 15) is 9.18 Å². The minimum Gasteiger partial charge on any atom is -0.294 e. The number of halogens is 4. The van der Waals surface area contributed by atoms with E-state index in [2.05, 4.69) is 47.8 Å². The number of carbonyl (C=O) groups is 1.